The van der Waals surface area contributed by atoms with Crippen LogP contribution in [0.1, 0.15) is 5.56 Å². The van der Waals surface area contributed by atoms with E-state index in [0.29, 0.717) is 0 Å². The fourth-order valence-electron chi connectivity index (χ4n) is 1.38. The summed E-state index contributed by atoms with van der Waals surface area (Å²) < 4.78 is 2.92. The first-order chi connectivity index (χ1) is 7.84. The quantitative estimate of drug-likeness (QED) is 0.850. The molecule has 0 amide bonds. The molecule has 0 spiro atoms. The van der Waals surface area contributed by atoms with Gasteiger partial charge >= 0.3 is 0 Å². The number of hydrogen-bond donors (Lipinski definition) is 1. The first kappa shape index (κ1) is 11.3. The van der Waals surface area contributed by atoms with Crippen LogP contribution in [-0.2, 0) is 13.1 Å². The highest BCUT2D eigenvalue weighted by Gasteiger charge is 1.94. The molecule has 2 rings (SSSR count). The number of nitrogens with one attached hydrogen (secondary N) is 1. The Balaban J connectivity index is 1.70. The van der Waals surface area contributed by atoms with Crippen molar-refractivity contribution in [3.8, 4) is 0 Å². The number of rotatable bonds is 5. The average molecular weight is 281 g/mol. The number of aromatic nitrogens is 3. The highest BCUT2D eigenvalue weighted by molar-refractivity contribution is 9.10. The lowest BCUT2D eigenvalue weighted by Crippen LogP contribution is -2.19. The van der Waals surface area contributed by atoms with Gasteiger partial charge in [0, 0.05) is 17.6 Å². The van der Waals surface area contributed by atoms with Crippen molar-refractivity contribution in [2.45, 2.75) is 13.1 Å². The van der Waals surface area contributed by atoms with Crippen LogP contribution in [0.5, 0.6) is 0 Å². The lowest BCUT2D eigenvalue weighted by atomic mass is 10.2. The molecule has 0 atom stereocenters. The number of hydrogen-bond acceptors (Lipinski definition) is 3. The molecule has 0 aliphatic rings. The molecule has 1 heterocycles. The van der Waals surface area contributed by atoms with Crippen molar-refractivity contribution in [3.63, 3.8) is 0 Å². The van der Waals surface area contributed by atoms with Gasteiger partial charge in [0.2, 0.25) is 0 Å². The average Bonchev–Trinajstić information content (AvgIpc) is 2.80. The largest absolute Gasteiger partial charge is 0.311 e. The van der Waals surface area contributed by atoms with Gasteiger partial charge in [0.15, 0.2) is 0 Å². The van der Waals surface area contributed by atoms with Crippen molar-refractivity contribution in [3.05, 3.63) is 47.0 Å². The van der Waals surface area contributed by atoms with Gasteiger partial charge in [-0.15, -0.1) is 0 Å². The Morgan fingerprint density at radius 1 is 1.25 bits per heavy atom. The number of nitrogens with zero attached hydrogens (tertiary/aromatic N) is 3. The van der Waals surface area contributed by atoms with Crippen LogP contribution in [0.15, 0.2) is 41.4 Å². The second kappa shape index (κ2) is 5.77. The van der Waals surface area contributed by atoms with Crippen molar-refractivity contribution in [1.82, 2.24) is 20.1 Å². The van der Waals surface area contributed by atoms with Gasteiger partial charge in [-0.25, -0.2) is 4.98 Å². The van der Waals surface area contributed by atoms with Crippen molar-refractivity contribution in [1.29, 1.82) is 0 Å². The van der Waals surface area contributed by atoms with Gasteiger partial charge in [-0.05, 0) is 17.7 Å². The minimum Gasteiger partial charge on any atom is -0.311 e. The second-order valence-electron chi connectivity index (χ2n) is 3.46. The van der Waals surface area contributed by atoms with E-state index in [1.54, 1.807) is 12.7 Å². The predicted octanol–water partition coefficient (Wildman–Crippen LogP) is 1.83. The Morgan fingerprint density at radius 3 is 2.75 bits per heavy atom. The lowest BCUT2D eigenvalue weighted by molar-refractivity contribution is 0.554. The smallest absolute Gasteiger partial charge is 0.137 e. The second-order valence-corrected chi connectivity index (χ2v) is 4.38. The summed E-state index contributed by atoms with van der Waals surface area (Å²) in [6, 6.07) is 8.31. The molecule has 0 saturated carbocycles. The van der Waals surface area contributed by atoms with E-state index in [-0.39, 0.29) is 0 Å². The maximum Gasteiger partial charge on any atom is 0.137 e. The number of halogens is 1. The summed E-state index contributed by atoms with van der Waals surface area (Å²) in [7, 11) is 0. The molecule has 84 valence electrons. The molecule has 4 nitrogen and oxygen atoms in total. The molecule has 1 aromatic heterocycles. The third kappa shape index (κ3) is 3.43. The first-order valence-electron chi connectivity index (χ1n) is 5.12. The monoisotopic (exact) mass is 280 g/mol. The van der Waals surface area contributed by atoms with Crippen LogP contribution < -0.4 is 5.32 Å². The summed E-state index contributed by atoms with van der Waals surface area (Å²) >= 11 is 3.41. The zero-order valence-electron chi connectivity index (χ0n) is 8.81. The van der Waals surface area contributed by atoms with Gasteiger partial charge in [-0.3, -0.25) is 4.68 Å². The van der Waals surface area contributed by atoms with Gasteiger partial charge in [0.25, 0.3) is 0 Å². The molecular formula is C11H13BrN4. The maximum absolute atomic E-state index is 4.03. The fraction of sp³-hybridized carbons (Fsp3) is 0.273. The molecule has 1 aromatic carbocycles. The van der Waals surface area contributed by atoms with Gasteiger partial charge in [-0.1, -0.05) is 28.1 Å². The molecule has 1 N–H and O–H groups in total. The Labute approximate surface area is 103 Å². The molecule has 0 saturated heterocycles. The highest BCUT2D eigenvalue weighted by Crippen LogP contribution is 2.09. The molecular weight excluding hydrogens is 268 g/mol. The fourth-order valence-corrected chi connectivity index (χ4v) is 1.64. The summed E-state index contributed by atoms with van der Waals surface area (Å²) in [6.07, 6.45) is 3.27. The van der Waals surface area contributed by atoms with Crippen molar-refractivity contribution < 1.29 is 0 Å². The van der Waals surface area contributed by atoms with E-state index in [9.17, 15) is 0 Å². The van der Waals surface area contributed by atoms with Crippen LogP contribution >= 0.6 is 15.9 Å². The molecule has 2 aromatic rings. The lowest BCUT2D eigenvalue weighted by Gasteiger charge is -2.04. The minimum absolute atomic E-state index is 0.844. The van der Waals surface area contributed by atoms with Crippen LogP contribution in [0, 0.1) is 0 Å². The van der Waals surface area contributed by atoms with E-state index < -0.39 is 0 Å². The maximum atomic E-state index is 4.03. The van der Waals surface area contributed by atoms with Gasteiger partial charge in [0.05, 0.1) is 6.54 Å². The van der Waals surface area contributed by atoms with E-state index >= 15 is 0 Å². The molecule has 0 unspecified atom stereocenters. The molecule has 0 aliphatic carbocycles. The predicted molar refractivity (Wildman–Crippen MR) is 65.9 cm³/mol. The Kier molecular flexibility index (Phi) is 4.07. The molecule has 16 heavy (non-hydrogen) atoms. The van der Waals surface area contributed by atoms with E-state index in [1.165, 1.54) is 5.56 Å². The van der Waals surface area contributed by atoms with Crippen molar-refractivity contribution in [2.24, 2.45) is 0 Å². The van der Waals surface area contributed by atoms with Crippen molar-refractivity contribution in [2.75, 3.05) is 6.54 Å². The molecule has 0 aliphatic heterocycles. The first-order valence-corrected chi connectivity index (χ1v) is 5.91. The third-order valence-corrected chi connectivity index (χ3v) is 2.76. The normalized spacial score (nSPS) is 10.6. The summed E-state index contributed by atoms with van der Waals surface area (Å²) in [5.41, 5.74) is 1.28. The van der Waals surface area contributed by atoms with E-state index in [2.05, 4.69) is 55.6 Å². The third-order valence-electron chi connectivity index (χ3n) is 2.23. The zero-order valence-corrected chi connectivity index (χ0v) is 10.4. The molecule has 5 heteroatoms. The van der Waals surface area contributed by atoms with E-state index in [1.807, 2.05) is 4.68 Å². The van der Waals surface area contributed by atoms with Gasteiger partial charge < -0.3 is 5.32 Å². The Hall–Kier alpha value is -1.20. The summed E-state index contributed by atoms with van der Waals surface area (Å²) in [4.78, 5) is 3.89. The zero-order chi connectivity index (χ0) is 11.2. The van der Waals surface area contributed by atoms with Crippen LogP contribution in [0.3, 0.4) is 0 Å². The van der Waals surface area contributed by atoms with Crippen LogP contribution in [-0.4, -0.2) is 21.3 Å². The highest BCUT2D eigenvalue weighted by atomic mass is 79.9. The summed E-state index contributed by atoms with van der Waals surface area (Å²) in [5, 5.41) is 7.39. The minimum atomic E-state index is 0.844. The summed E-state index contributed by atoms with van der Waals surface area (Å²) in [5.74, 6) is 0. The van der Waals surface area contributed by atoms with Gasteiger partial charge in [0.1, 0.15) is 12.7 Å². The topological polar surface area (TPSA) is 42.7 Å². The Morgan fingerprint density at radius 2 is 2.06 bits per heavy atom. The standard InChI is InChI=1S/C11H13BrN4/c12-11-3-1-10(2-4-11)7-13-5-6-16-9-14-8-15-16/h1-4,8-9,13H,5-7H2. The van der Waals surface area contributed by atoms with E-state index in [4.69, 9.17) is 0 Å². The molecule has 0 fully saturated rings. The number of benzene rings is 1. The summed E-state index contributed by atoms with van der Waals surface area (Å²) in [6.45, 7) is 2.61. The molecule has 0 radical (unpaired) electrons. The van der Waals surface area contributed by atoms with Crippen LogP contribution in [0.25, 0.3) is 0 Å². The SMILES string of the molecule is Brc1ccc(CNCCn2cncn2)cc1. The van der Waals surface area contributed by atoms with Crippen LogP contribution in [0.4, 0.5) is 0 Å². The van der Waals surface area contributed by atoms with Gasteiger partial charge in [-0.2, -0.15) is 5.10 Å². The molecule has 0 bridgehead atoms. The van der Waals surface area contributed by atoms with Crippen molar-refractivity contribution >= 4 is 15.9 Å². The van der Waals surface area contributed by atoms with Crippen LogP contribution in [0.2, 0.25) is 0 Å². The van der Waals surface area contributed by atoms with E-state index in [0.717, 1.165) is 24.1 Å². The Bertz CT molecular complexity index is 410.